The van der Waals surface area contributed by atoms with E-state index in [2.05, 4.69) is 75.7 Å². The Balaban J connectivity index is 2.33. The number of nitrogens with one attached hydrogen (secondary N) is 1. The lowest BCUT2D eigenvalue weighted by atomic mass is 9.93. The van der Waals surface area contributed by atoms with Crippen molar-refractivity contribution >= 4 is 11.7 Å². The van der Waals surface area contributed by atoms with E-state index in [1.54, 1.807) is 0 Å². The number of aromatic nitrogens is 1. The van der Waals surface area contributed by atoms with Gasteiger partial charge in [-0.1, -0.05) is 45.9 Å². The number of carbonyl (C=O) groups is 1. The summed E-state index contributed by atoms with van der Waals surface area (Å²) in [5.41, 5.74) is 4.47. The maximum absolute atomic E-state index is 13.1. The van der Waals surface area contributed by atoms with Crippen molar-refractivity contribution in [2.24, 2.45) is 7.05 Å². The van der Waals surface area contributed by atoms with Crippen LogP contribution < -0.4 is 5.32 Å². The maximum atomic E-state index is 13.1. The Morgan fingerprint density at radius 1 is 1.00 bits per heavy atom. The molecule has 0 bridgehead atoms. The minimum atomic E-state index is -0.0452. The van der Waals surface area contributed by atoms with E-state index in [4.69, 9.17) is 0 Å². The smallest absolute Gasteiger partial charge is 0.322 e. The summed E-state index contributed by atoms with van der Waals surface area (Å²) < 4.78 is 2.06. The molecule has 0 aliphatic heterocycles. The summed E-state index contributed by atoms with van der Waals surface area (Å²) in [5.74, 6) is 0.703. The van der Waals surface area contributed by atoms with E-state index in [0.29, 0.717) is 18.4 Å². The number of aryl methyl sites for hydroxylation is 1. The van der Waals surface area contributed by atoms with Crippen molar-refractivity contribution in [1.29, 1.82) is 0 Å². The van der Waals surface area contributed by atoms with Crippen LogP contribution >= 0.6 is 0 Å². The number of amides is 2. The summed E-state index contributed by atoms with van der Waals surface area (Å²) in [6.45, 7) is 13.4. The fourth-order valence-corrected chi connectivity index (χ4v) is 3.20. The van der Waals surface area contributed by atoms with Gasteiger partial charge >= 0.3 is 6.03 Å². The fraction of sp³-hybridized carbons (Fsp3) is 0.500. The SMILES string of the molecule is CC(C)c1cccc(C(C)C)c1NC(=O)N(Cc1cccn1C)C(C)C. The van der Waals surface area contributed by atoms with Crippen molar-refractivity contribution in [2.45, 2.75) is 66.0 Å². The molecular formula is C22H33N3O. The highest BCUT2D eigenvalue weighted by Crippen LogP contribution is 2.32. The molecule has 0 aliphatic rings. The Morgan fingerprint density at radius 3 is 2.00 bits per heavy atom. The highest BCUT2D eigenvalue weighted by molar-refractivity contribution is 5.91. The third-order valence-electron chi connectivity index (χ3n) is 4.87. The lowest BCUT2D eigenvalue weighted by Gasteiger charge is -2.29. The molecule has 0 spiro atoms. The largest absolute Gasteiger partial charge is 0.353 e. The molecular weight excluding hydrogens is 322 g/mol. The summed E-state index contributed by atoms with van der Waals surface area (Å²) in [6.07, 6.45) is 2.01. The molecule has 2 amide bonds. The van der Waals surface area contributed by atoms with Crippen LogP contribution in [0.15, 0.2) is 36.5 Å². The zero-order valence-corrected chi connectivity index (χ0v) is 17.2. The van der Waals surface area contributed by atoms with Gasteiger partial charge < -0.3 is 14.8 Å². The summed E-state index contributed by atoms with van der Waals surface area (Å²) in [5, 5.41) is 3.23. The van der Waals surface area contributed by atoms with Crippen LogP contribution in [0.2, 0.25) is 0 Å². The number of rotatable bonds is 6. The lowest BCUT2D eigenvalue weighted by molar-refractivity contribution is 0.192. The molecule has 1 N–H and O–H groups in total. The Hall–Kier alpha value is -2.23. The quantitative estimate of drug-likeness (QED) is 0.707. The van der Waals surface area contributed by atoms with Gasteiger partial charge in [-0.3, -0.25) is 0 Å². The van der Waals surface area contributed by atoms with Crippen molar-refractivity contribution in [3.8, 4) is 0 Å². The van der Waals surface area contributed by atoms with Gasteiger partial charge in [0.2, 0.25) is 0 Å². The van der Waals surface area contributed by atoms with Crippen molar-refractivity contribution in [1.82, 2.24) is 9.47 Å². The Morgan fingerprint density at radius 2 is 1.58 bits per heavy atom. The summed E-state index contributed by atoms with van der Waals surface area (Å²) in [7, 11) is 2.01. The summed E-state index contributed by atoms with van der Waals surface area (Å²) in [4.78, 5) is 15.0. The van der Waals surface area contributed by atoms with Crippen molar-refractivity contribution in [3.05, 3.63) is 53.3 Å². The second kappa shape index (κ2) is 8.43. The van der Waals surface area contributed by atoms with Gasteiger partial charge in [0.1, 0.15) is 0 Å². The van der Waals surface area contributed by atoms with Crippen LogP contribution in [0.1, 0.15) is 70.2 Å². The van der Waals surface area contributed by atoms with Crippen LogP contribution in [0.25, 0.3) is 0 Å². The van der Waals surface area contributed by atoms with Crippen LogP contribution in [0.5, 0.6) is 0 Å². The first-order valence-electron chi connectivity index (χ1n) is 9.53. The van der Waals surface area contributed by atoms with Gasteiger partial charge in [-0.15, -0.1) is 0 Å². The zero-order valence-electron chi connectivity index (χ0n) is 17.2. The monoisotopic (exact) mass is 355 g/mol. The predicted molar refractivity (Wildman–Crippen MR) is 110 cm³/mol. The Kier molecular flexibility index (Phi) is 6.52. The maximum Gasteiger partial charge on any atom is 0.322 e. The van der Waals surface area contributed by atoms with Gasteiger partial charge in [-0.25, -0.2) is 4.79 Å². The topological polar surface area (TPSA) is 37.3 Å². The van der Waals surface area contributed by atoms with Gasteiger partial charge in [0, 0.05) is 30.7 Å². The van der Waals surface area contributed by atoms with Crippen LogP contribution in [0, 0.1) is 0 Å². The number of urea groups is 1. The molecule has 0 unspecified atom stereocenters. The molecule has 26 heavy (non-hydrogen) atoms. The third kappa shape index (κ3) is 4.48. The van der Waals surface area contributed by atoms with Crippen LogP contribution in [-0.4, -0.2) is 21.5 Å². The summed E-state index contributed by atoms with van der Waals surface area (Å²) >= 11 is 0. The van der Waals surface area contributed by atoms with Gasteiger partial charge in [0.05, 0.1) is 6.54 Å². The second-order valence-corrected chi connectivity index (χ2v) is 7.88. The predicted octanol–water partition coefficient (Wildman–Crippen LogP) is 5.71. The van der Waals surface area contributed by atoms with E-state index >= 15 is 0 Å². The van der Waals surface area contributed by atoms with Crippen LogP contribution in [0.4, 0.5) is 10.5 Å². The molecule has 0 fully saturated rings. The first-order chi connectivity index (χ1) is 12.2. The molecule has 1 aromatic carbocycles. The minimum Gasteiger partial charge on any atom is -0.353 e. The molecule has 4 nitrogen and oxygen atoms in total. The molecule has 0 atom stereocenters. The average Bonchev–Trinajstić information content (AvgIpc) is 2.96. The van der Waals surface area contributed by atoms with Gasteiger partial charge in [0.25, 0.3) is 0 Å². The van der Waals surface area contributed by atoms with Crippen LogP contribution in [0.3, 0.4) is 0 Å². The number of anilines is 1. The van der Waals surface area contributed by atoms with E-state index in [0.717, 1.165) is 11.4 Å². The second-order valence-electron chi connectivity index (χ2n) is 7.88. The third-order valence-corrected chi connectivity index (χ3v) is 4.87. The Labute approximate surface area is 158 Å². The van der Waals surface area contributed by atoms with Crippen molar-refractivity contribution in [3.63, 3.8) is 0 Å². The molecule has 142 valence electrons. The number of carbonyl (C=O) groups excluding carboxylic acids is 1. The number of nitrogens with zero attached hydrogens (tertiary/aromatic N) is 2. The van der Waals surface area contributed by atoms with E-state index in [1.165, 1.54) is 11.1 Å². The first-order valence-corrected chi connectivity index (χ1v) is 9.53. The number of hydrogen-bond acceptors (Lipinski definition) is 1. The molecule has 1 heterocycles. The zero-order chi connectivity index (χ0) is 19.4. The molecule has 0 aliphatic carbocycles. The van der Waals surface area contributed by atoms with E-state index in [1.807, 2.05) is 24.2 Å². The molecule has 0 radical (unpaired) electrons. The lowest BCUT2D eigenvalue weighted by Crippen LogP contribution is -2.40. The highest BCUT2D eigenvalue weighted by atomic mass is 16.2. The molecule has 1 aromatic heterocycles. The van der Waals surface area contributed by atoms with E-state index in [-0.39, 0.29) is 12.1 Å². The standard InChI is InChI=1S/C22H33N3O/c1-15(2)19-11-8-12-20(16(3)4)21(19)23-22(26)25(17(5)6)14-18-10-9-13-24(18)7/h8-13,15-17H,14H2,1-7H3,(H,23,26). The van der Waals surface area contributed by atoms with Gasteiger partial charge in [0.15, 0.2) is 0 Å². The molecule has 0 saturated carbocycles. The number of para-hydroxylation sites is 1. The average molecular weight is 356 g/mol. The molecule has 0 saturated heterocycles. The van der Waals surface area contributed by atoms with E-state index in [9.17, 15) is 4.79 Å². The minimum absolute atomic E-state index is 0.0452. The van der Waals surface area contributed by atoms with Crippen molar-refractivity contribution < 1.29 is 4.79 Å². The normalized spacial score (nSPS) is 11.5. The highest BCUT2D eigenvalue weighted by Gasteiger charge is 2.22. The van der Waals surface area contributed by atoms with Crippen LogP contribution in [-0.2, 0) is 13.6 Å². The van der Waals surface area contributed by atoms with Gasteiger partial charge in [-0.2, -0.15) is 0 Å². The Bertz CT molecular complexity index is 717. The van der Waals surface area contributed by atoms with E-state index < -0.39 is 0 Å². The molecule has 2 rings (SSSR count). The van der Waals surface area contributed by atoms with Gasteiger partial charge in [-0.05, 0) is 48.9 Å². The van der Waals surface area contributed by atoms with Crippen molar-refractivity contribution in [2.75, 3.05) is 5.32 Å². The fourth-order valence-electron chi connectivity index (χ4n) is 3.20. The molecule has 4 heteroatoms. The summed E-state index contributed by atoms with van der Waals surface area (Å²) in [6, 6.07) is 10.5. The molecule has 2 aromatic rings. The first kappa shape index (κ1) is 20.1. The number of hydrogen-bond donors (Lipinski definition) is 1. The number of benzene rings is 1.